The van der Waals surface area contributed by atoms with Gasteiger partial charge in [0, 0.05) is 42.0 Å². The van der Waals surface area contributed by atoms with Crippen LogP contribution in [-0.2, 0) is 6.42 Å². The molecule has 29 heavy (non-hydrogen) atoms. The molecule has 0 amide bonds. The summed E-state index contributed by atoms with van der Waals surface area (Å²) in [5.74, 6) is 0. The Kier molecular flexibility index (Phi) is 5.37. The number of benzene rings is 3. The van der Waals surface area contributed by atoms with Crippen LogP contribution in [0, 0.1) is 0 Å². The van der Waals surface area contributed by atoms with Crippen molar-refractivity contribution in [1.82, 2.24) is 9.91 Å². The highest BCUT2D eigenvalue weighted by atomic mass is 32.2. The average molecular weight is 400 g/mol. The molecule has 0 radical (unpaired) electrons. The molecule has 1 unspecified atom stereocenters. The second-order valence-corrected chi connectivity index (χ2v) is 8.70. The molecule has 0 bridgehead atoms. The van der Waals surface area contributed by atoms with Gasteiger partial charge in [-0.1, -0.05) is 78.5 Å². The van der Waals surface area contributed by atoms with E-state index in [1.165, 1.54) is 20.9 Å². The second kappa shape index (κ2) is 8.44. The zero-order chi connectivity index (χ0) is 19.5. The molecule has 0 aromatic heterocycles. The van der Waals surface area contributed by atoms with Crippen molar-refractivity contribution in [1.29, 1.82) is 0 Å². The summed E-state index contributed by atoms with van der Waals surface area (Å²) in [6.45, 7) is 4.02. The Hall–Kier alpha value is -2.56. The van der Waals surface area contributed by atoms with E-state index in [0.29, 0.717) is 6.04 Å². The van der Waals surface area contributed by atoms with Gasteiger partial charge in [-0.3, -0.25) is 9.91 Å². The molecule has 2 aliphatic rings. The van der Waals surface area contributed by atoms with Gasteiger partial charge in [0.2, 0.25) is 0 Å². The van der Waals surface area contributed by atoms with Crippen molar-refractivity contribution in [3.8, 4) is 0 Å². The van der Waals surface area contributed by atoms with Gasteiger partial charge >= 0.3 is 0 Å². The summed E-state index contributed by atoms with van der Waals surface area (Å²) in [6, 6.07) is 28.6. The summed E-state index contributed by atoms with van der Waals surface area (Å²) in [7, 11) is 0. The molecule has 2 aliphatic heterocycles. The fourth-order valence-corrected chi connectivity index (χ4v) is 5.34. The molecule has 3 aromatic carbocycles. The predicted octanol–water partition coefficient (Wildman–Crippen LogP) is 5.09. The molecule has 0 N–H and O–H groups in total. The minimum absolute atomic E-state index is 0.433. The first-order chi connectivity index (χ1) is 14.4. The lowest BCUT2D eigenvalue weighted by molar-refractivity contribution is 0.0970. The predicted molar refractivity (Wildman–Crippen MR) is 121 cm³/mol. The van der Waals surface area contributed by atoms with Crippen LogP contribution in [0.3, 0.4) is 0 Å². The lowest BCUT2D eigenvalue weighted by atomic mass is 9.97. The maximum absolute atomic E-state index is 4.71. The van der Waals surface area contributed by atoms with Gasteiger partial charge in [0.25, 0.3) is 0 Å². The summed E-state index contributed by atoms with van der Waals surface area (Å²) in [4.78, 5) is 5.44. The van der Waals surface area contributed by atoms with Crippen LogP contribution in [-0.4, -0.2) is 42.3 Å². The van der Waals surface area contributed by atoms with Gasteiger partial charge in [-0.2, -0.15) is 5.10 Å². The number of nitrogens with zero attached hydrogens (tertiary/aromatic N) is 3. The third-order valence-corrected chi connectivity index (χ3v) is 6.99. The van der Waals surface area contributed by atoms with E-state index in [-0.39, 0.29) is 0 Å². The van der Waals surface area contributed by atoms with Crippen molar-refractivity contribution in [3.05, 3.63) is 95.6 Å². The van der Waals surface area contributed by atoms with E-state index in [4.69, 9.17) is 5.10 Å². The largest absolute Gasteiger partial charge is 0.294 e. The number of rotatable bonds is 3. The lowest BCUT2D eigenvalue weighted by Crippen LogP contribution is -2.46. The third-order valence-electron chi connectivity index (χ3n) is 5.78. The van der Waals surface area contributed by atoms with Crippen LogP contribution in [0.5, 0.6) is 0 Å². The quantitative estimate of drug-likeness (QED) is 0.572. The van der Waals surface area contributed by atoms with Crippen molar-refractivity contribution in [3.63, 3.8) is 0 Å². The standard InChI is InChI=1S/C25H25N3S/c1-2-8-20(9-3-1)19-26-28-16-14-27(15-17-28)23-18-21-10-4-6-12-24(21)29-25-13-7-5-11-22(23)25/h1-13,19,23H,14-18H2. The van der Waals surface area contributed by atoms with E-state index >= 15 is 0 Å². The summed E-state index contributed by atoms with van der Waals surface area (Å²) < 4.78 is 0. The molecular weight excluding hydrogens is 374 g/mol. The van der Waals surface area contributed by atoms with Crippen molar-refractivity contribution in [2.75, 3.05) is 26.2 Å². The number of hydrazone groups is 1. The first-order valence-corrected chi connectivity index (χ1v) is 11.1. The molecule has 4 heteroatoms. The number of fused-ring (bicyclic) bond motifs is 2. The van der Waals surface area contributed by atoms with E-state index in [1.807, 2.05) is 24.0 Å². The van der Waals surface area contributed by atoms with E-state index in [1.54, 1.807) is 0 Å². The second-order valence-electron chi connectivity index (χ2n) is 7.61. The number of hydrogen-bond donors (Lipinski definition) is 0. The fourth-order valence-electron chi connectivity index (χ4n) is 4.21. The maximum atomic E-state index is 4.71. The van der Waals surface area contributed by atoms with Crippen LogP contribution in [0.2, 0.25) is 0 Å². The monoisotopic (exact) mass is 399 g/mol. The van der Waals surface area contributed by atoms with Gasteiger partial charge in [0.15, 0.2) is 0 Å². The zero-order valence-electron chi connectivity index (χ0n) is 16.4. The highest BCUT2D eigenvalue weighted by Crippen LogP contribution is 2.42. The van der Waals surface area contributed by atoms with Gasteiger partial charge in [0.1, 0.15) is 0 Å². The van der Waals surface area contributed by atoms with Crippen LogP contribution in [0.25, 0.3) is 0 Å². The molecule has 2 heterocycles. The van der Waals surface area contributed by atoms with E-state index in [2.05, 4.69) is 82.7 Å². The minimum Gasteiger partial charge on any atom is -0.294 e. The average Bonchev–Trinajstić information content (AvgIpc) is 2.95. The third kappa shape index (κ3) is 4.09. The topological polar surface area (TPSA) is 18.8 Å². The van der Waals surface area contributed by atoms with Crippen molar-refractivity contribution >= 4 is 18.0 Å². The highest BCUT2D eigenvalue weighted by molar-refractivity contribution is 7.99. The zero-order valence-corrected chi connectivity index (χ0v) is 17.3. The van der Waals surface area contributed by atoms with Crippen LogP contribution in [0.4, 0.5) is 0 Å². The summed E-state index contributed by atoms with van der Waals surface area (Å²) in [6.07, 6.45) is 3.05. The number of piperazine rings is 1. The van der Waals surface area contributed by atoms with Crippen LogP contribution in [0.15, 0.2) is 93.8 Å². The van der Waals surface area contributed by atoms with Crippen molar-refractivity contribution in [2.45, 2.75) is 22.3 Å². The van der Waals surface area contributed by atoms with Gasteiger partial charge in [-0.05, 0) is 35.2 Å². The van der Waals surface area contributed by atoms with Crippen LogP contribution in [0.1, 0.15) is 22.7 Å². The molecule has 1 saturated heterocycles. The van der Waals surface area contributed by atoms with E-state index in [9.17, 15) is 0 Å². The summed E-state index contributed by atoms with van der Waals surface area (Å²) in [5, 5.41) is 6.91. The van der Waals surface area contributed by atoms with Gasteiger partial charge < -0.3 is 0 Å². The molecule has 0 saturated carbocycles. The molecular formula is C25H25N3S. The smallest absolute Gasteiger partial charge is 0.0542 e. The fraction of sp³-hybridized carbons (Fsp3) is 0.240. The van der Waals surface area contributed by atoms with Crippen molar-refractivity contribution < 1.29 is 0 Å². The first kappa shape index (κ1) is 18.5. The Bertz CT molecular complexity index is 994. The van der Waals surface area contributed by atoms with Gasteiger partial charge in [-0.25, -0.2) is 0 Å². The Morgan fingerprint density at radius 3 is 2.28 bits per heavy atom. The molecule has 0 spiro atoms. The SMILES string of the molecule is C(=NN1CCN(C2Cc3ccccc3Sc3ccccc32)CC1)c1ccccc1. The van der Waals surface area contributed by atoms with Crippen LogP contribution >= 0.6 is 11.8 Å². The lowest BCUT2D eigenvalue weighted by Gasteiger charge is -2.38. The normalized spacial score (nSPS) is 19.6. The Morgan fingerprint density at radius 2 is 1.45 bits per heavy atom. The molecule has 5 rings (SSSR count). The minimum atomic E-state index is 0.433. The van der Waals surface area contributed by atoms with Gasteiger partial charge in [0.05, 0.1) is 6.21 Å². The molecule has 1 fully saturated rings. The molecule has 1 atom stereocenters. The molecule has 146 valence electrons. The molecule has 3 nitrogen and oxygen atoms in total. The van der Waals surface area contributed by atoms with E-state index in [0.717, 1.165) is 38.2 Å². The van der Waals surface area contributed by atoms with E-state index < -0.39 is 0 Å². The summed E-state index contributed by atoms with van der Waals surface area (Å²) >= 11 is 1.92. The van der Waals surface area contributed by atoms with Crippen molar-refractivity contribution in [2.24, 2.45) is 5.10 Å². The molecule has 0 aliphatic carbocycles. The first-order valence-electron chi connectivity index (χ1n) is 10.3. The van der Waals surface area contributed by atoms with Crippen LogP contribution < -0.4 is 0 Å². The maximum Gasteiger partial charge on any atom is 0.0542 e. The Morgan fingerprint density at radius 1 is 0.759 bits per heavy atom. The Labute approximate surface area is 177 Å². The molecule has 3 aromatic rings. The van der Waals surface area contributed by atoms with Gasteiger partial charge in [-0.15, -0.1) is 0 Å². The Balaban J connectivity index is 1.33. The highest BCUT2D eigenvalue weighted by Gasteiger charge is 2.29. The summed E-state index contributed by atoms with van der Waals surface area (Å²) in [5.41, 5.74) is 4.08. The number of hydrogen-bond acceptors (Lipinski definition) is 4.